The van der Waals surface area contributed by atoms with Crippen LogP contribution in [0.1, 0.15) is 13.8 Å². The molecular weight excluding hydrogens is 244 g/mol. The van der Waals surface area contributed by atoms with Crippen molar-refractivity contribution in [2.24, 2.45) is 11.1 Å². The fraction of sp³-hybridized carbons (Fsp3) is 0.500. The minimum Gasteiger partial charge on any atom is -0.494 e. The molecule has 2 rings (SSSR count). The molecule has 1 fully saturated rings. The highest BCUT2D eigenvalue weighted by Crippen LogP contribution is 2.29. The standard InChI is InChI=1S/C14H20N2O3/c1-3-19-11-6-4-5-10(7-11)16-13(17)14(2)9-18-8-12(14)15/h4-7,12H,3,8-9,15H2,1-2H3,(H,16,17). The van der Waals surface area contributed by atoms with Crippen LogP contribution in [0.3, 0.4) is 0 Å². The monoisotopic (exact) mass is 264 g/mol. The van der Waals surface area contributed by atoms with Gasteiger partial charge in [0.05, 0.1) is 25.2 Å². The molecule has 0 saturated carbocycles. The smallest absolute Gasteiger partial charge is 0.234 e. The van der Waals surface area contributed by atoms with E-state index in [9.17, 15) is 4.79 Å². The van der Waals surface area contributed by atoms with E-state index >= 15 is 0 Å². The number of nitrogens with two attached hydrogens (primary N) is 1. The van der Waals surface area contributed by atoms with Crippen molar-refractivity contribution in [1.82, 2.24) is 0 Å². The number of hydrogen-bond donors (Lipinski definition) is 2. The summed E-state index contributed by atoms with van der Waals surface area (Å²) in [5.74, 6) is 0.614. The van der Waals surface area contributed by atoms with Gasteiger partial charge in [-0.3, -0.25) is 4.79 Å². The first-order valence-electron chi connectivity index (χ1n) is 6.44. The lowest BCUT2D eigenvalue weighted by Gasteiger charge is -2.25. The molecular formula is C14H20N2O3. The molecule has 0 spiro atoms. The maximum atomic E-state index is 12.3. The van der Waals surface area contributed by atoms with Gasteiger partial charge in [0.25, 0.3) is 0 Å². The second kappa shape index (κ2) is 5.59. The Morgan fingerprint density at radius 2 is 2.42 bits per heavy atom. The number of ether oxygens (including phenoxy) is 2. The zero-order valence-electron chi connectivity index (χ0n) is 11.3. The molecule has 1 heterocycles. The Morgan fingerprint density at radius 1 is 1.63 bits per heavy atom. The van der Waals surface area contributed by atoms with Crippen LogP contribution in [-0.4, -0.2) is 31.8 Å². The van der Waals surface area contributed by atoms with Crippen molar-refractivity contribution in [3.05, 3.63) is 24.3 Å². The van der Waals surface area contributed by atoms with Crippen molar-refractivity contribution in [3.8, 4) is 5.75 Å². The summed E-state index contributed by atoms with van der Waals surface area (Å²) in [6, 6.07) is 7.04. The van der Waals surface area contributed by atoms with Gasteiger partial charge in [0.2, 0.25) is 5.91 Å². The number of rotatable bonds is 4. The van der Waals surface area contributed by atoms with Crippen LogP contribution in [0.2, 0.25) is 0 Å². The zero-order chi connectivity index (χ0) is 13.9. The molecule has 3 N–H and O–H groups in total. The van der Waals surface area contributed by atoms with Crippen molar-refractivity contribution >= 4 is 11.6 Å². The summed E-state index contributed by atoms with van der Waals surface area (Å²) in [6.45, 7) is 5.11. The van der Waals surface area contributed by atoms with Crippen LogP contribution in [0.4, 0.5) is 5.69 Å². The average molecular weight is 264 g/mol. The maximum absolute atomic E-state index is 12.3. The summed E-state index contributed by atoms with van der Waals surface area (Å²) >= 11 is 0. The van der Waals surface area contributed by atoms with E-state index in [0.717, 1.165) is 5.75 Å². The summed E-state index contributed by atoms with van der Waals surface area (Å²) in [7, 11) is 0. The van der Waals surface area contributed by atoms with Crippen LogP contribution in [0.5, 0.6) is 5.75 Å². The molecule has 1 amide bonds. The first-order valence-corrected chi connectivity index (χ1v) is 6.44. The Balaban J connectivity index is 2.08. The fourth-order valence-electron chi connectivity index (χ4n) is 2.03. The zero-order valence-corrected chi connectivity index (χ0v) is 11.3. The second-order valence-corrected chi connectivity index (χ2v) is 4.95. The molecule has 0 bridgehead atoms. The second-order valence-electron chi connectivity index (χ2n) is 4.95. The third-order valence-electron chi connectivity index (χ3n) is 3.44. The van der Waals surface area contributed by atoms with Gasteiger partial charge in [0.15, 0.2) is 0 Å². The summed E-state index contributed by atoms with van der Waals surface area (Å²) in [4.78, 5) is 12.3. The molecule has 0 radical (unpaired) electrons. The van der Waals surface area contributed by atoms with Crippen LogP contribution < -0.4 is 15.8 Å². The van der Waals surface area contributed by atoms with E-state index in [1.54, 1.807) is 6.07 Å². The number of carbonyl (C=O) groups is 1. The molecule has 5 heteroatoms. The molecule has 0 aliphatic carbocycles. The van der Waals surface area contributed by atoms with E-state index in [-0.39, 0.29) is 11.9 Å². The number of amides is 1. The molecule has 5 nitrogen and oxygen atoms in total. The van der Waals surface area contributed by atoms with E-state index in [0.29, 0.717) is 25.5 Å². The largest absolute Gasteiger partial charge is 0.494 e. The lowest BCUT2D eigenvalue weighted by atomic mass is 9.85. The van der Waals surface area contributed by atoms with Crippen LogP contribution in [0.25, 0.3) is 0 Å². The van der Waals surface area contributed by atoms with Crippen molar-refractivity contribution in [1.29, 1.82) is 0 Å². The van der Waals surface area contributed by atoms with Crippen molar-refractivity contribution in [3.63, 3.8) is 0 Å². The van der Waals surface area contributed by atoms with Gasteiger partial charge in [-0.1, -0.05) is 6.07 Å². The van der Waals surface area contributed by atoms with Crippen molar-refractivity contribution in [2.45, 2.75) is 19.9 Å². The van der Waals surface area contributed by atoms with Crippen molar-refractivity contribution < 1.29 is 14.3 Å². The van der Waals surface area contributed by atoms with Crippen LogP contribution in [-0.2, 0) is 9.53 Å². The maximum Gasteiger partial charge on any atom is 0.234 e. The van der Waals surface area contributed by atoms with E-state index < -0.39 is 5.41 Å². The van der Waals surface area contributed by atoms with E-state index in [2.05, 4.69) is 5.32 Å². The predicted octanol–water partition coefficient (Wildman–Crippen LogP) is 1.39. The Bertz CT molecular complexity index is 464. The van der Waals surface area contributed by atoms with Gasteiger partial charge in [0, 0.05) is 17.8 Å². The molecule has 2 atom stereocenters. The van der Waals surface area contributed by atoms with Gasteiger partial charge in [-0.2, -0.15) is 0 Å². The number of nitrogens with one attached hydrogen (secondary N) is 1. The topological polar surface area (TPSA) is 73.6 Å². The molecule has 19 heavy (non-hydrogen) atoms. The van der Waals surface area contributed by atoms with Gasteiger partial charge >= 0.3 is 0 Å². The normalized spacial score (nSPS) is 26.2. The number of benzene rings is 1. The van der Waals surface area contributed by atoms with Gasteiger partial charge in [-0.05, 0) is 26.0 Å². The SMILES string of the molecule is CCOc1cccc(NC(=O)C2(C)COCC2N)c1. The van der Waals surface area contributed by atoms with Crippen LogP contribution in [0.15, 0.2) is 24.3 Å². The molecule has 104 valence electrons. The molecule has 1 aliphatic heterocycles. The minimum absolute atomic E-state index is 0.119. The van der Waals surface area contributed by atoms with Gasteiger partial charge in [-0.25, -0.2) is 0 Å². The molecule has 1 aromatic carbocycles. The average Bonchev–Trinajstić information content (AvgIpc) is 2.72. The lowest BCUT2D eigenvalue weighted by molar-refractivity contribution is -0.125. The minimum atomic E-state index is -0.679. The summed E-state index contributed by atoms with van der Waals surface area (Å²) in [5.41, 5.74) is 5.96. The van der Waals surface area contributed by atoms with Gasteiger partial charge in [0.1, 0.15) is 5.75 Å². The molecule has 1 aliphatic rings. The molecule has 1 saturated heterocycles. The van der Waals surface area contributed by atoms with Gasteiger partial charge in [-0.15, -0.1) is 0 Å². The van der Waals surface area contributed by atoms with E-state index in [1.165, 1.54) is 0 Å². The highest BCUT2D eigenvalue weighted by Gasteiger charge is 2.44. The number of carbonyl (C=O) groups excluding carboxylic acids is 1. The first kappa shape index (κ1) is 13.8. The van der Waals surface area contributed by atoms with Crippen LogP contribution >= 0.6 is 0 Å². The lowest BCUT2D eigenvalue weighted by Crippen LogP contribution is -2.47. The summed E-state index contributed by atoms with van der Waals surface area (Å²) in [6.07, 6.45) is 0. The third-order valence-corrected chi connectivity index (χ3v) is 3.44. The predicted molar refractivity (Wildman–Crippen MR) is 73.1 cm³/mol. The highest BCUT2D eigenvalue weighted by atomic mass is 16.5. The Hall–Kier alpha value is -1.59. The Kier molecular flexibility index (Phi) is 4.07. The first-order chi connectivity index (χ1) is 9.06. The third kappa shape index (κ3) is 2.88. The molecule has 0 aromatic heterocycles. The molecule has 1 aromatic rings. The quantitative estimate of drug-likeness (QED) is 0.862. The fourth-order valence-corrected chi connectivity index (χ4v) is 2.03. The molecule has 2 unspecified atom stereocenters. The van der Waals surface area contributed by atoms with E-state index in [4.69, 9.17) is 15.2 Å². The van der Waals surface area contributed by atoms with Crippen molar-refractivity contribution in [2.75, 3.05) is 25.1 Å². The summed E-state index contributed by atoms with van der Waals surface area (Å²) in [5, 5.41) is 2.87. The highest BCUT2D eigenvalue weighted by molar-refractivity contribution is 5.96. The number of anilines is 1. The van der Waals surface area contributed by atoms with Gasteiger partial charge < -0.3 is 20.5 Å². The Labute approximate surface area is 113 Å². The Morgan fingerprint density at radius 3 is 3.05 bits per heavy atom. The van der Waals surface area contributed by atoms with Crippen LogP contribution in [0, 0.1) is 5.41 Å². The summed E-state index contributed by atoms with van der Waals surface area (Å²) < 4.78 is 10.7. The number of hydrogen-bond acceptors (Lipinski definition) is 4. The van der Waals surface area contributed by atoms with E-state index in [1.807, 2.05) is 32.0 Å².